The van der Waals surface area contributed by atoms with Crippen LogP contribution in [0.4, 0.5) is 0 Å². The molecule has 148 valence electrons. The van der Waals surface area contributed by atoms with E-state index in [2.05, 4.69) is 70.8 Å². The topological polar surface area (TPSA) is 115 Å². The Morgan fingerprint density at radius 1 is 1.00 bits per heavy atom. The van der Waals surface area contributed by atoms with Gasteiger partial charge in [0.1, 0.15) is 17.7 Å². The van der Waals surface area contributed by atoms with Crippen molar-refractivity contribution in [3.05, 3.63) is 46.4 Å². The van der Waals surface area contributed by atoms with Gasteiger partial charge in [0.25, 0.3) is 0 Å². The van der Waals surface area contributed by atoms with Crippen LogP contribution in [0.5, 0.6) is 0 Å². The van der Waals surface area contributed by atoms with Crippen molar-refractivity contribution in [2.75, 3.05) is 6.54 Å². The Hall–Kier alpha value is -2.99. The predicted molar refractivity (Wildman–Crippen MR) is 112 cm³/mol. The van der Waals surface area contributed by atoms with Gasteiger partial charge in [-0.25, -0.2) is 4.99 Å². The quantitative estimate of drug-likeness (QED) is 0.839. The van der Waals surface area contributed by atoms with Gasteiger partial charge in [0.05, 0.1) is 6.07 Å². The molecule has 1 atom stereocenters. The molecule has 0 radical (unpaired) electrons. The van der Waals surface area contributed by atoms with Crippen molar-refractivity contribution >= 4 is 5.84 Å². The molecule has 0 saturated carbocycles. The zero-order valence-electron chi connectivity index (χ0n) is 17.7. The molecule has 6 heteroatoms. The monoisotopic (exact) mass is 378 g/mol. The summed E-state index contributed by atoms with van der Waals surface area (Å²) in [5.74, 6) is 0.304. The van der Waals surface area contributed by atoms with Crippen LogP contribution in [0.25, 0.3) is 0 Å². The van der Waals surface area contributed by atoms with E-state index in [1.165, 1.54) is 16.7 Å². The summed E-state index contributed by atoms with van der Waals surface area (Å²) in [4.78, 5) is 5.62. The lowest BCUT2D eigenvalue weighted by Crippen LogP contribution is -2.49. The van der Waals surface area contributed by atoms with Crippen LogP contribution < -0.4 is 11.5 Å². The molecule has 0 spiro atoms. The second kappa shape index (κ2) is 7.56. The molecule has 1 heterocycles. The molecular weight excluding hydrogens is 348 g/mol. The molecule has 4 N–H and O–H groups in total. The highest BCUT2D eigenvalue weighted by Crippen LogP contribution is 2.30. The summed E-state index contributed by atoms with van der Waals surface area (Å²) in [7, 11) is 0. The Morgan fingerprint density at radius 3 is 1.96 bits per heavy atom. The van der Waals surface area contributed by atoms with Gasteiger partial charge in [0.2, 0.25) is 0 Å². The SMILES string of the molecule is CC(C)(C)c1cc(CCN2C(N)=C(C#N)N=C(N)C2C#N)cc(C(C)(C)C)c1. The largest absolute Gasteiger partial charge is 0.384 e. The standard InChI is InChI=1S/C22H30N6/c1-21(2,3)15-9-14(10-16(11-15)22(4,5)6)7-8-28-18(13-24)19(25)27-17(12-23)20(28)26/h9-11,18H,7-8,26H2,1-6H3,(H2,25,27). The van der Waals surface area contributed by atoms with Crippen LogP contribution in [0.15, 0.2) is 34.7 Å². The highest BCUT2D eigenvalue weighted by molar-refractivity contribution is 5.90. The highest BCUT2D eigenvalue weighted by Gasteiger charge is 2.29. The average Bonchev–Trinajstić information content (AvgIpc) is 2.60. The molecule has 0 amide bonds. The van der Waals surface area contributed by atoms with E-state index >= 15 is 0 Å². The third-order valence-electron chi connectivity index (χ3n) is 4.98. The molecule has 1 aliphatic heterocycles. The maximum Gasteiger partial charge on any atom is 0.182 e. The van der Waals surface area contributed by atoms with Crippen LogP contribution in [-0.4, -0.2) is 23.3 Å². The maximum atomic E-state index is 9.49. The van der Waals surface area contributed by atoms with E-state index in [0.717, 1.165) is 0 Å². The highest BCUT2D eigenvalue weighted by atomic mass is 15.3. The van der Waals surface area contributed by atoms with Crippen molar-refractivity contribution < 1.29 is 0 Å². The summed E-state index contributed by atoms with van der Waals surface area (Å²) in [6, 6.07) is 10.0. The van der Waals surface area contributed by atoms with Crippen LogP contribution in [-0.2, 0) is 17.3 Å². The molecule has 6 nitrogen and oxygen atoms in total. The summed E-state index contributed by atoms with van der Waals surface area (Å²) < 4.78 is 0. The van der Waals surface area contributed by atoms with Crippen LogP contribution in [0.3, 0.4) is 0 Å². The van der Waals surface area contributed by atoms with E-state index in [0.29, 0.717) is 13.0 Å². The number of hydrogen-bond acceptors (Lipinski definition) is 6. The minimum Gasteiger partial charge on any atom is -0.384 e. The van der Waals surface area contributed by atoms with Crippen molar-refractivity contribution in [1.82, 2.24) is 4.90 Å². The van der Waals surface area contributed by atoms with Crippen molar-refractivity contribution in [3.8, 4) is 12.1 Å². The fourth-order valence-electron chi connectivity index (χ4n) is 3.10. The van der Waals surface area contributed by atoms with Gasteiger partial charge in [-0.05, 0) is 33.9 Å². The molecule has 2 rings (SSSR count). The van der Waals surface area contributed by atoms with Crippen molar-refractivity contribution in [3.63, 3.8) is 0 Å². The number of hydrogen-bond donors (Lipinski definition) is 2. The first-order valence-electron chi connectivity index (χ1n) is 9.43. The average molecular weight is 379 g/mol. The molecule has 0 saturated heterocycles. The van der Waals surface area contributed by atoms with Gasteiger partial charge < -0.3 is 16.4 Å². The first-order valence-corrected chi connectivity index (χ1v) is 9.43. The lowest BCUT2D eigenvalue weighted by molar-refractivity contribution is 0.336. The normalized spacial score (nSPS) is 17.8. The van der Waals surface area contributed by atoms with Gasteiger partial charge in [-0.3, -0.25) is 0 Å². The Morgan fingerprint density at radius 2 is 1.54 bits per heavy atom. The number of aliphatic imine (C=N–C) groups is 1. The zero-order chi connectivity index (χ0) is 21.3. The molecule has 1 unspecified atom stereocenters. The summed E-state index contributed by atoms with van der Waals surface area (Å²) >= 11 is 0. The number of nitrogens with two attached hydrogens (primary N) is 2. The molecule has 1 aliphatic rings. The van der Waals surface area contributed by atoms with E-state index in [1.54, 1.807) is 4.90 Å². The van der Waals surface area contributed by atoms with Crippen LogP contribution in [0.2, 0.25) is 0 Å². The molecule has 1 aromatic rings. The fraction of sp³-hybridized carbons (Fsp3) is 0.500. The molecule has 0 fully saturated rings. The van der Waals surface area contributed by atoms with Gasteiger partial charge in [-0.2, -0.15) is 10.5 Å². The van der Waals surface area contributed by atoms with Crippen LogP contribution >= 0.6 is 0 Å². The van der Waals surface area contributed by atoms with Gasteiger partial charge in [-0.15, -0.1) is 0 Å². The lowest BCUT2D eigenvalue weighted by Gasteiger charge is -2.32. The van der Waals surface area contributed by atoms with E-state index in [9.17, 15) is 10.5 Å². The maximum absolute atomic E-state index is 9.49. The number of allylic oxidation sites excluding steroid dienone is 1. The first kappa shape index (κ1) is 21.3. The number of nitriles is 2. The van der Waals surface area contributed by atoms with Gasteiger partial charge >= 0.3 is 0 Å². The summed E-state index contributed by atoms with van der Waals surface area (Å²) in [6.07, 6.45) is 0.678. The van der Waals surface area contributed by atoms with E-state index < -0.39 is 6.04 Å². The minimum atomic E-state index is -0.759. The second-order valence-corrected chi connectivity index (χ2v) is 9.28. The molecule has 0 bridgehead atoms. The summed E-state index contributed by atoms with van der Waals surface area (Å²) in [6.45, 7) is 13.7. The third-order valence-corrected chi connectivity index (χ3v) is 4.98. The third kappa shape index (κ3) is 4.46. The summed E-state index contributed by atoms with van der Waals surface area (Å²) in [5, 5.41) is 18.7. The van der Waals surface area contributed by atoms with Crippen LogP contribution in [0, 0.1) is 22.7 Å². The fourth-order valence-corrected chi connectivity index (χ4v) is 3.10. The number of rotatable bonds is 3. The predicted octanol–water partition coefficient (Wildman–Crippen LogP) is 3.04. The second-order valence-electron chi connectivity index (χ2n) is 9.28. The number of benzene rings is 1. The summed E-state index contributed by atoms with van der Waals surface area (Å²) in [5.41, 5.74) is 15.8. The number of nitrogens with zero attached hydrogens (tertiary/aromatic N) is 4. The molecule has 28 heavy (non-hydrogen) atoms. The van der Waals surface area contributed by atoms with Crippen molar-refractivity contribution in [2.24, 2.45) is 16.5 Å². The van der Waals surface area contributed by atoms with E-state index in [1.807, 2.05) is 6.07 Å². The van der Waals surface area contributed by atoms with Crippen molar-refractivity contribution in [2.45, 2.75) is 64.8 Å². The molecular formula is C22H30N6. The first-order chi connectivity index (χ1) is 12.9. The zero-order valence-corrected chi connectivity index (χ0v) is 17.7. The number of amidine groups is 1. The molecule has 0 aliphatic carbocycles. The van der Waals surface area contributed by atoms with Gasteiger partial charge in [0.15, 0.2) is 11.7 Å². The minimum absolute atomic E-state index is 0.0281. The van der Waals surface area contributed by atoms with Crippen LogP contribution in [0.1, 0.15) is 58.2 Å². The van der Waals surface area contributed by atoms with Gasteiger partial charge in [0, 0.05) is 6.54 Å². The van der Waals surface area contributed by atoms with Gasteiger partial charge in [-0.1, -0.05) is 59.7 Å². The Kier molecular flexibility index (Phi) is 5.75. The molecule has 0 aromatic heterocycles. The van der Waals surface area contributed by atoms with E-state index in [-0.39, 0.29) is 28.2 Å². The Labute approximate surface area is 168 Å². The lowest BCUT2D eigenvalue weighted by atomic mass is 9.79. The Bertz CT molecular complexity index is 865. The molecule has 1 aromatic carbocycles. The van der Waals surface area contributed by atoms with Crippen molar-refractivity contribution in [1.29, 1.82) is 10.5 Å². The Balaban J connectivity index is 2.38. The van der Waals surface area contributed by atoms with E-state index in [4.69, 9.17) is 11.5 Å². The smallest absolute Gasteiger partial charge is 0.182 e.